The molecule has 7 rings (SSSR count). The lowest BCUT2D eigenvalue weighted by atomic mass is 10.0. The zero-order valence-electron chi connectivity index (χ0n) is 26.9. The van der Waals surface area contributed by atoms with Gasteiger partial charge in [-0.05, 0) is 103 Å². The van der Waals surface area contributed by atoms with Gasteiger partial charge in [0.1, 0.15) is 11.2 Å². The third kappa shape index (κ3) is 6.74. The maximum Gasteiger partial charge on any atom is 0.135 e. The highest BCUT2D eigenvalue weighted by atomic mass is 16.3. The Morgan fingerprint density at radius 2 is 1.43 bits per heavy atom. The summed E-state index contributed by atoms with van der Waals surface area (Å²) in [5.41, 5.74) is 11.9. The second-order valence-electron chi connectivity index (χ2n) is 11.8. The van der Waals surface area contributed by atoms with Gasteiger partial charge in [-0.25, -0.2) is 0 Å². The van der Waals surface area contributed by atoms with E-state index in [1.807, 2.05) is 37.3 Å². The normalized spacial score (nSPS) is 13.0. The quantitative estimate of drug-likeness (QED) is 0.140. The predicted octanol–water partition coefficient (Wildman–Crippen LogP) is 12.9. The Morgan fingerprint density at radius 3 is 2.28 bits per heavy atom. The molecule has 0 aliphatic heterocycles. The van der Waals surface area contributed by atoms with Gasteiger partial charge < -0.3 is 9.32 Å². The third-order valence-corrected chi connectivity index (χ3v) is 7.95. The van der Waals surface area contributed by atoms with Crippen molar-refractivity contribution in [3.8, 4) is 11.1 Å². The van der Waals surface area contributed by atoms with Crippen molar-refractivity contribution in [3.05, 3.63) is 175 Å². The van der Waals surface area contributed by atoms with Gasteiger partial charge >= 0.3 is 0 Å². The summed E-state index contributed by atoms with van der Waals surface area (Å²) in [6, 6.07) is 38.5. The molecule has 0 radical (unpaired) electrons. The number of anilines is 2. The number of allylic oxidation sites excluding steroid dienone is 8. The molecule has 0 amide bonds. The van der Waals surface area contributed by atoms with Gasteiger partial charge in [0.05, 0.1) is 5.69 Å². The Kier molecular flexibility index (Phi) is 9.29. The van der Waals surface area contributed by atoms with Gasteiger partial charge in [-0.3, -0.25) is 0 Å². The monoisotopic (exact) mass is 597 g/mol. The van der Waals surface area contributed by atoms with E-state index in [1.165, 1.54) is 10.8 Å². The fraction of sp³-hybridized carbons (Fsp3) is 0.114. The summed E-state index contributed by atoms with van der Waals surface area (Å²) < 4.78 is 6.07. The largest absolute Gasteiger partial charge is 0.456 e. The summed E-state index contributed by atoms with van der Waals surface area (Å²) in [7, 11) is 0. The number of benzene rings is 5. The highest BCUT2D eigenvalue weighted by Gasteiger charge is 2.17. The molecule has 0 unspecified atom stereocenters. The lowest BCUT2D eigenvalue weighted by Crippen LogP contribution is -2.15. The molecule has 0 N–H and O–H groups in total. The van der Waals surface area contributed by atoms with Crippen LogP contribution >= 0.6 is 0 Å². The SMILES string of the molecule is C/C=C\C=C/C(C)C.CC1=C=CC=C(N(c2cccc(-c3ccc4oc5ccccc5c4c3)c2)c2cccc3ccccc23)C=C1. The predicted molar refractivity (Wildman–Crippen MR) is 199 cm³/mol. The van der Waals surface area contributed by atoms with Crippen LogP contribution in [0.5, 0.6) is 0 Å². The second kappa shape index (κ2) is 14.0. The summed E-state index contributed by atoms with van der Waals surface area (Å²) >= 11 is 0. The van der Waals surface area contributed by atoms with E-state index in [9.17, 15) is 0 Å². The van der Waals surface area contributed by atoms with Crippen LogP contribution < -0.4 is 4.90 Å². The van der Waals surface area contributed by atoms with Crippen LogP contribution in [0.1, 0.15) is 27.7 Å². The van der Waals surface area contributed by atoms with Gasteiger partial charge in [0, 0.05) is 27.5 Å². The zero-order chi connectivity index (χ0) is 31.9. The fourth-order valence-corrected chi connectivity index (χ4v) is 5.68. The first kappa shape index (κ1) is 30.5. The summed E-state index contributed by atoms with van der Waals surface area (Å²) in [5, 5.41) is 4.70. The van der Waals surface area contributed by atoms with Gasteiger partial charge in [-0.1, -0.05) is 111 Å². The number of nitrogens with zero attached hydrogens (tertiary/aromatic N) is 1. The summed E-state index contributed by atoms with van der Waals surface area (Å²) in [4.78, 5) is 2.34. The Morgan fingerprint density at radius 1 is 0.696 bits per heavy atom. The molecule has 2 heteroatoms. The molecular weight excluding hydrogens is 558 g/mol. The number of fused-ring (bicyclic) bond motifs is 4. The molecule has 0 spiro atoms. The van der Waals surface area contributed by atoms with Crippen LogP contribution in [0.15, 0.2) is 179 Å². The topological polar surface area (TPSA) is 16.4 Å². The zero-order valence-corrected chi connectivity index (χ0v) is 26.9. The van der Waals surface area contributed by atoms with Gasteiger partial charge in [-0.2, -0.15) is 0 Å². The molecule has 0 atom stereocenters. The highest BCUT2D eigenvalue weighted by Crippen LogP contribution is 2.39. The Bertz CT molecular complexity index is 2190. The van der Waals surface area contributed by atoms with Crippen LogP contribution in [0.3, 0.4) is 0 Å². The number of para-hydroxylation sites is 1. The minimum absolute atomic E-state index is 0.672. The van der Waals surface area contributed by atoms with Crippen molar-refractivity contribution < 1.29 is 4.42 Å². The maximum absolute atomic E-state index is 6.07. The summed E-state index contributed by atoms with van der Waals surface area (Å²) in [5.74, 6) is 0.672. The first-order valence-electron chi connectivity index (χ1n) is 15.9. The van der Waals surface area contributed by atoms with Crippen molar-refractivity contribution in [1.82, 2.24) is 0 Å². The lowest BCUT2D eigenvalue weighted by molar-refractivity contribution is 0.669. The van der Waals surface area contributed by atoms with E-state index in [1.54, 1.807) is 0 Å². The maximum atomic E-state index is 6.07. The fourth-order valence-electron chi connectivity index (χ4n) is 5.68. The average molecular weight is 598 g/mol. The van der Waals surface area contributed by atoms with Crippen LogP contribution in [-0.2, 0) is 0 Å². The van der Waals surface area contributed by atoms with E-state index in [0.29, 0.717) is 5.92 Å². The van der Waals surface area contributed by atoms with E-state index >= 15 is 0 Å². The van der Waals surface area contributed by atoms with E-state index in [0.717, 1.165) is 55.7 Å². The molecule has 1 aliphatic carbocycles. The van der Waals surface area contributed by atoms with Crippen LogP contribution in [0.25, 0.3) is 43.8 Å². The molecule has 46 heavy (non-hydrogen) atoms. The van der Waals surface area contributed by atoms with Crippen LogP contribution in [0.4, 0.5) is 11.4 Å². The van der Waals surface area contributed by atoms with Crippen molar-refractivity contribution in [2.75, 3.05) is 4.90 Å². The van der Waals surface area contributed by atoms with Crippen molar-refractivity contribution in [2.24, 2.45) is 5.92 Å². The van der Waals surface area contributed by atoms with Crippen molar-refractivity contribution in [1.29, 1.82) is 0 Å². The second-order valence-corrected chi connectivity index (χ2v) is 11.8. The van der Waals surface area contributed by atoms with Crippen LogP contribution in [0, 0.1) is 5.92 Å². The van der Waals surface area contributed by atoms with Crippen LogP contribution in [-0.4, -0.2) is 0 Å². The molecule has 226 valence electrons. The molecule has 6 aromatic rings. The molecule has 0 saturated carbocycles. The third-order valence-electron chi connectivity index (χ3n) is 7.95. The molecule has 0 bridgehead atoms. The van der Waals surface area contributed by atoms with E-state index in [4.69, 9.17) is 4.42 Å². The van der Waals surface area contributed by atoms with Crippen molar-refractivity contribution in [3.63, 3.8) is 0 Å². The molecule has 0 fully saturated rings. The van der Waals surface area contributed by atoms with E-state index in [-0.39, 0.29) is 0 Å². The Balaban J connectivity index is 0.000000414. The molecule has 1 aromatic heterocycles. The van der Waals surface area contributed by atoms with Crippen molar-refractivity contribution in [2.45, 2.75) is 27.7 Å². The summed E-state index contributed by atoms with van der Waals surface area (Å²) in [6.45, 7) is 8.42. The van der Waals surface area contributed by atoms with Crippen LogP contribution in [0.2, 0.25) is 0 Å². The van der Waals surface area contributed by atoms with Gasteiger partial charge in [0.2, 0.25) is 0 Å². The molecular formula is C44H39NO. The molecule has 1 aliphatic rings. The summed E-state index contributed by atoms with van der Waals surface area (Å²) in [6.07, 6.45) is 16.7. The molecule has 2 nitrogen and oxygen atoms in total. The lowest BCUT2D eigenvalue weighted by Gasteiger charge is -2.28. The number of rotatable bonds is 6. The number of hydrogen-bond acceptors (Lipinski definition) is 2. The molecule has 0 saturated heterocycles. The van der Waals surface area contributed by atoms with Gasteiger partial charge in [0.15, 0.2) is 0 Å². The number of hydrogen-bond donors (Lipinski definition) is 0. The standard InChI is InChI=1S/C36H25NO.C8H14/c1-25-9-6-13-29(21-19-25)37(34-17-8-11-26-10-2-3-15-31(26)34)30-14-7-12-27(23-30)28-20-22-36-33(24-28)32-16-4-5-18-35(32)38-36;1-4-5-6-7-8(2)3/h2-8,10-24H,1H3;4-8H,1-3H3/b;5-4-,7-6-. The van der Waals surface area contributed by atoms with E-state index < -0.39 is 0 Å². The molecule has 5 aromatic carbocycles. The van der Waals surface area contributed by atoms with E-state index in [2.05, 4.69) is 159 Å². The minimum Gasteiger partial charge on any atom is -0.456 e. The number of furan rings is 1. The van der Waals surface area contributed by atoms with Crippen molar-refractivity contribution >= 4 is 44.1 Å². The molecule has 1 heterocycles. The smallest absolute Gasteiger partial charge is 0.135 e. The first-order valence-corrected chi connectivity index (χ1v) is 15.9. The highest BCUT2D eigenvalue weighted by molar-refractivity contribution is 6.06. The van der Waals surface area contributed by atoms with Gasteiger partial charge in [0.25, 0.3) is 0 Å². The minimum atomic E-state index is 0.672. The average Bonchev–Trinajstić information content (AvgIpc) is 3.32. The van der Waals surface area contributed by atoms with Gasteiger partial charge in [-0.15, -0.1) is 5.73 Å². The first-order chi connectivity index (χ1) is 22.5. The Hall–Kier alpha value is -5.56. The Labute approximate surface area is 272 Å².